The first-order valence-electron chi connectivity index (χ1n) is 7.36. The van der Waals surface area contributed by atoms with Gasteiger partial charge in [-0.2, -0.15) is 0 Å². The molecule has 0 aliphatic carbocycles. The van der Waals surface area contributed by atoms with E-state index in [1.807, 2.05) is 60.7 Å². The van der Waals surface area contributed by atoms with E-state index >= 15 is 0 Å². The third-order valence-corrected chi connectivity index (χ3v) is 3.77. The van der Waals surface area contributed by atoms with Gasteiger partial charge >= 0.3 is 0 Å². The van der Waals surface area contributed by atoms with Crippen LogP contribution in [0.2, 0.25) is 0 Å². The number of carbonyl (C=O) groups is 1. The fraction of sp³-hybridized carbons (Fsp3) is 0.278. The standard InChI is InChI=1S/C18H19NO2/c20-18(16-12-7-13-21-16)19-17(14-8-3-1-4-9-14)15-10-5-2-6-11-15/h1-6,8-11,16-17H,7,12-13H2,(H,19,20). The second kappa shape index (κ2) is 6.55. The molecular formula is C18H19NO2. The second-order valence-electron chi connectivity index (χ2n) is 5.26. The maximum Gasteiger partial charge on any atom is 0.249 e. The summed E-state index contributed by atoms with van der Waals surface area (Å²) in [6.07, 6.45) is 1.46. The highest BCUT2D eigenvalue weighted by atomic mass is 16.5. The molecule has 1 saturated heterocycles. The smallest absolute Gasteiger partial charge is 0.249 e. The van der Waals surface area contributed by atoms with Gasteiger partial charge in [0.25, 0.3) is 0 Å². The predicted octanol–water partition coefficient (Wildman–Crippen LogP) is 3.07. The van der Waals surface area contributed by atoms with Crippen molar-refractivity contribution in [2.45, 2.75) is 25.0 Å². The van der Waals surface area contributed by atoms with Gasteiger partial charge < -0.3 is 10.1 Å². The van der Waals surface area contributed by atoms with Crippen LogP contribution in [-0.4, -0.2) is 18.6 Å². The monoisotopic (exact) mass is 281 g/mol. The van der Waals surface area contributed by atoms with E-state index in [1.165, 1.54) is 0 Å². The lowest BCUT2D eigenvalue weighted by Gasteiger charge is -2.21. The second-order valence-corrected chi connectivity index (χ2v) is 5.26. The van der Waals surface area contributed by atoms with Crippen molar-refractivity contribution in [3.05, 3.63) is 71.8 Å². The number of benzene rings is 2. The van der Waals surface area contributed by atoms with Gasteiger partial charge in [-0.3, -0.25) is 4.79 Å². The molecule has 108 valence electrons. The van der Waals surface area contributed by atoms with Gasteiger partial charge in [0.2, 0.25) is 5.91 Å². The molecule has 3 rings (SSSR count). The van der Waals surface area contributed by atoms with E-state index in [4.69, 9.17) is 4.74 Å². The SMILES string of the molecule is O=C(NC(c1ccccc1)c1ccccc1)C1CCCO1. The van der Waals surface area contributed by atoms with Crippen molar-refractivity contribution in [2.75, 3.05) is 6.61 Å². The molecule has 0 radical (unpaired) electrons. The average Bonchev–Trinajstić information content (AvgIpc) is 3.09. The summed E-state index contributed by atoms with van der Waals surface area (Å²) in [5.74, 6) is -0.0230. The zero-order chi connectivity index (χ0) is 14.5. The van der Waals surface area contributed by atoms with E-state index in [2.05, 4.69) is 5.32 Å². The van der Waals surface area contributed by atoms with Crippen LogP contribution in [0.3, 0.4) is 0 Å². The minimum Gasteiger partial charge on any atom is -0.368 e. The number of rotatable bonds is 4. The topological polar surface area (TPSA) is 38.3 Å². The first-order valence-corrected chi connectivity index (χ1v) is 7.36. The molecule has 0 saturated carbocycles. The normalized spacial score (nSPS) is 17.9. The lowest BCUT2D eigenvalue weighted by molar-refractivity contribution is -0.130. The Morgan fingerprint density at radius 3 is 2.05 bits per heavy atom. The first-order chi connectivity index (χ1) is 10.3. The molecule has 1 N–H and O–H groups in total. The highest BCUT2D eigenvalue weighted by molar-refractivity contribution is 5.81. The number of nitrogens with one attached hydrogen (secondary N) is 1. The van der Waals surface area contributed by atoms with Crippen LogP contribution in [0.4, 0.5) is 0 Å². The summed E-state index contributed by atoms with van der Waals surface area (Å²) in [5, 5.41) is 3.13. The minimum atomic E-state index is -0.306. The Morgan fingerprint density at radius 2 is 1.57 bits per heavy atom. The molecule has 2 aromatic rings. The van der Waals surface area contributed by atoms with Gasteiger partial charge in [0, 0.05) is 6.61 Å². The van der Waals surface area contributed by atoms with Crippen LogP contribution in [0.5, 0.6) is 0 Å². The van der Waals surface area contributed by atoms with Gasteiger partial charge in [0.15, 0.2) is 0 Å². The van der Waals surface area contributed by atoms with E-state index in [9.17, 15) is 4.79 Å². The van der Waals surface area contributed by atoms with Gasteiger partial charge in [-0.15, -0.1) is 0 Å². The van der Waals surface area contributed by atoms with Crippen molar-refractivity contribution < 1.29 is 9.53 Å². The van der Waals surface area contributed by atoms with E-state index in [1.54, 1.807) is 0 Å². The molecule has 0 bridgehead atoms. The molecule has 3 nitrogen and oxygen atoms in total. The zero-order valence-corrected chi connectivity index (χ0v) is 11.9. The highest BCUT2D eigenvalue weighted by Gasteiger charge is 2.26. The Hall–Kier alpha value is -2.13. The lowest BCUT2D eigenvalue weighted by atomic mass is 9.98. The van der Waals surface area contributed by atoms with Gasteiger partial charge in [-0.1, -0.05) is 60.7 Å². The fourth-order valence-corrected chi connectivity index (χ4v) is 2.67. The summed E-state index contributed by atoms with van der Waals surface area (Å²) < 4.78 is 5.48. The van der Waals surface area contributed by atoms with E-state index in [0.29, 0.717) is 6.61 Å². The van der Waals surface area contributed by atoms with Crippen molar-refractivity contribution in [1.29, 1.82) is 0 Å². The fourth-order valence-electron chi connectivity index (χ4n) is 2.67. The summed E-state index contributed by atoms with van der Waals surface area (Å²) in [6.45, 7) is 0.680. The summed E-state index contributed by atoms with van der Waals surface area (Å²) >= 11 is 0. The molecule has 3 heteroatoms. The zero-order valence-electron chi connectivity index (χ0n) is 11.9. The molecule has 1 heterocycles. The van der Waals surface area contributed by atoms with Crippen LogP contribution in [0.25, 0.3) is 0 Å². The van der Waals surface area contributed by atoms with Crippen LogP contribution in [0, 0.1) is 0 Å². The number of carbonyl (C=O) groups excluding carboxylic acids is 1. The molecule has 1 fully saturated rings. The lowest BCUT2D eigenvalue weighted by Crippen LogP contribution is -2.37. The molecule has 0 aromatic heterocycles. The Balaban J connectivity index is 1.84. The van der Waals surface area contributed by atoms with Crippen molar-refractivity contribution in [2.24, 2.45) is 0 Å². The molecule has 1 aliphatic rings. The largest absolute Gasteiger partial charge is 0.368 e. The summed E-state index contributed by atoms with van der Waals surface area (Å²) in [5.41, 5.74) is 2.16. The van der Waals surface area contributed by atoms with Crippen LogP contribution < -0.4 is 5.32 Å². The third-order valence-electron chi connectivity index (χ3n) is 3.77. The van der Waals surface area contributed by atoms with Crippen LogP contribution >= 0.6 is 0 Å². The number of hydrogen-bond acceptors (Lipinski definition) is 2. The predicted molar refractivity (Wildman–Crippen MR) is 81.8 cm³/mol. The minimum absolute atomic E-state index is 0.0230. The molecule has 21 heavy (non-hydrogen) atoms. The quantitative estimate of drug-likeness (QED) is 0.935. The third kappa shape index (κ3) is 3.31. The summed E-state index contributed by atoms with van der Waals surface area (Å²) in [4.78, 5) is 12.4. The Labute approximate surface area is 124 Å². The Bertz CT molecular complexity index is 537. The number of ether oxygens (including phenoxy) is 1. The summed E-state index contributed by atoms with van der Waals surface area (Å²) in [7, 11) is 0. The van der Waals surface area contributed by atoms with Crippen LogP contribution in [0.1, 0.15) is 30.0 Å². The van der Waals surface area contributed by atoms with Crippen molar-refractivity contribution >= 4 is 5.91 Å². The Kier molecular flexibility index (Phi) is 4.31. The highest BCUT2D eigenvalue weighted by Crippen LogP contribution is 2.23. The van der Waals surface area contributed by atoms with E-state index in [-0.39, 0.29) is 18.1 Å². The molecule has 1 unspecified atom stereocenters. The number of hydrogen-bond donors (Lipinski definition) is 1. The van der Waals surface area contributed by atoms with Crippen molar-refractivity contribution in [3.8, 4) is 0 Å². The van der Waals surface area contributed by atoms with Gasteiger partial charge in [0.1, 0.15) is 6.10 Å². The summed E-state index contributed by atoms with van der Waals surface area (Å²) in [6, 6.07) is 19.9. The Morgan fingerprint density at radius 1 is 1.00 bits per heavy atom. The van der Waals surface area contributed by atoms with Crippen molar-refractivity contribution in [1.82, 2.24) is 5.32 Å². The first kappa shape index (κ1) is 13.8. The van der Waals surface area contributed by atoms with Crippen molar-refractivity contribution in [3.63, 3.8) is 0 Å². The van der Waals surface area contributed by atoms with Crippen LogP contribution in [0.15, 0.2) is 60.7 Å². The van der Waals surface area contributed by atoms with Gasteiger partial charge in [-0.05, 0) is 24.0 Å². The van der Waals surface area contributed by atoms with E-state index < -0.39 is 0 Å². The maximum absolute atomic E-state index is 12.4. The molecular weight excluding hydrogens is 262 g/mol. The number of amides is 1. The van der Waals surface area contributed by atoms with Crippen LogP contribution in [-0.2, 0) is 9.53 Å². The van der Waals surface area contributed by atoms with E-state index in [0.717, 1.165) is 24.0 Å². The molecule has 2 aromatic carbocycles. The molecule has 0 spiro atoms. The van der Waals surface area contributed by atoms with Gasteiger partial charge in [0.05, 0.1) is 6.04 Å². The average molecular weight is 281 g/mol. The molecule has 1 aliphatic heterocycles. The molecule has 1 atom stereocenters. The maximum atomic E-state index is 12.4. The van der Waals surface area contributed by atoms with Gasteiger partial charge in [-0.25, -0.2) is 0 Å². The molecule has 1 amide bonds.